The number of nitrogen functional groups attached to an aromatic ring is 1. The van der Waals surface area contributed by atoms with Gasteiger partial charge in [0.15, 0.2) is 0 Å². The van der Waals surface area contributed by atoms with E-state index in [9.17, 15) is 8.78 Å². The minimum absolute atomic E-state index is 0.0423. The predicted octanol–water partition coefficient (Wildman–Crippen LogP) is 4.25. The minimum atomic E-state index is -0.588. The maximum atomic E-state index is 13.4. The normalized spacial score (nSPS) is 10.4. The average Bonchev–Trinajstić information content (AvgIpc) is 2.31. The molecule has 3 N–H and O–H groups in total. The minimum Gasteiger partial charge on any atom is -0.397 e. The van der Waals surface area contributed by atoms with Crippen molar-refractivity contribution in [3.63, 3.8) is 0 Å². The summed E-state index contributed by atoms with van der Waals surface area (Å²) in [7, 11) is 0. The fraction of sp³-hybridized carbons (Fsp3) is 0.0769. The Balaban J connectivity index is 2.34. The van der Waals surface area contributed by atoms with E-state index in [0.717, 1.165) is 6.07 Å². The maximum Gasteiger partial charge on any atom is 0.143 e. The Morgan fingerprint density at radius 1 is 1.11 bits per heavy atom. The summed E-state index contributed by atoms with van der Waals surface area (Å²) >= 11 is 5.66. The largest absolute Gasteiger partial charge is 0.397 e. The lowest BCUT2D eigenvalue weighted by atomic mass is 10.2. The molecule has 0 radical (unpaired) electrons. The highest BCUT2D eigenvalue weighted by atomic mass is 35.5. The molecule has 5 heteroatoms. The molecule has 0 aliphatic heterocycles. The zero-order valence-corrected chi connectivity index (χ0v) is 10.4. The van der Waals surface area contributed by atoms with E-state index in [0.29, 0.717) is 16.9 Å². The number of halogens is 3. The van der Waals surface area contributed by atoms with Crippen molar-refractivity contribution in [1.82, 2.24) is 0 Å². The molecule has 0 amide bonds. The predicted molar refractivity (Wildman–Crippen MR) is 70.2 cm³/mol. The molecule has 0 saturated heterocycles. The standard InChI is InChI=1S/C13H11ClF2N2/c1-7-2-3-8(4-10(7)15)18-13-5-9(14)11(16)6-12(13)17/h2-6,18H,17H2,1H3. The van der Waals surface area contributed by atoms with Crippen LogP contribution in [0, 0.1) is 18.6 Å². The highest BCUT2D eigenvalue weighted by Gasteiger charge is 2.07. The first-order chi connectivity index (χ1) is 8.47. The summed E-state index contributed by atoms with van der Waals surface area (Å²) in [6.45, 7) is 1.67. The second-order valence-corrected chi connectivity index (χ2v) is 4.35. The molecule has 2 aromatic rings. The Morgan fingerprint density at radius 2 is 1.83 bits per heavy atom. The second kappa shape index (κ2) is 4.82. The third-order valence-electron chi connectivity index (χ3n) is 2.54. The lowest BCUT2D eigenvalue weighted by Gasteiger charge is -2.11. The van der Waals surface area contributed by atoms with Crippen molar-refractivity contribution in [1.29, 1.82) is 0 Å². The summed E-state index contributed by atoms with van der Waals surface area (Å²) < 4.78 is 26.5. The Labute approximate surface area is 108 Å². The van der Waals surface area contributed by atoms with E-state index in [-0.39, 0.29) is 16.5 Å². The smallest absolute Gasteiger partial charge is 0.143 e. The Morgan fingerprint density at radius 3 is 2.50 bits per heavy atom. The molecule has 2 aromatic carbocycles. The summed E-state index contributed by atoms with van der Waals surface area (Å²) in [5.41, 5.74) is 7.36. The number of benzene rings is 2. The van der Waals surface area contributed by atoms with Gasteiger partial charge in [-0.15, -0.1) is 0 Å². The molecule has 94 valence electrons. The van der Waals surface area contributed by atoms with Gasteiger partial charge in [0, 0.05) is 11.8 Å². The molecule has 18 heavy (non-hydrogen) atoms. The number of aryl methyl sites for hydroxylation is 1. The molecule has 0 aliphatic rings. The third kappa shape index (κ3) is 2.54. The SMILES string of the molecule is Cc1ccc(Nc2cc(Cl)c(F)cc2N)cc1F. The third-order valence-corrected chi connectivity index (χ3v) is 2.83. The van der Waals surface area contributed by atoms with Gasteiger partial charge in [0.2, 0.25) is 0 Å². The molecular formula is C13H11ClF2N2. The van der Waals surface area contributed by atoms with Crippen LogP contribution in [-0.2, 0) is 0 Å². The van der Waals surface area contributed by atoms with E-state index in [2.05, 4.69) is 5.32 Å². The van der Waals surface area contributed by atoms with Gasteiger partial charge >= 0.3 is 0 Å². The molecule has 0 spiro atoms. The average molecular weight is 269 g/mol. The van der Waals surface area contributed by atoms with Crippen LogP contribution in [0.5, 0.6) is 0 Å². The summed E-state index contributed by atoms with van der Waals surface area (Å²) in [6, 6.07) is 7.17. The molecule has 2 nitrogen and oxygen atoms in total. The van der Waals surface area contributed by atoms with Gasteiger partial charge in [0.05, 0.1) is 16.4 Å². The van der Waals surface area contributed by atoms with Gasteiger partial charge < -0.3 is 11.1 Å². The molecule has 0 unspecified atom stereocenters. The summed E-state index contributed by atoms with van der Waals surface area (Å²) in [5, 5.41) is 2.85. The number of nitrogens with one attached hydrogen (secondary N) is 1. The van der Waals surface area contributed by atoms with Crippen molar-refractivity contribution in [2.45, 2.75) is 6.92 Å². The van der Waals surface area contributed by atoms with Gasteiger partial charge in [0.1, 0.15) is 11.6 Å². The Bertz CT molecular complexity index is 600. The molecule has 0 fully saturated rings. The van der Waals surface area contributed by atoms with Crippen molar-refractivity contribution < 1.29 is 8.78 Å². The Kier molecular flexibility index (Phi) is 3.39. The fourth-order valence-electron chi connectivity index (χ4n) is 1.50. The van der Waals surface area contributed by atoms with Crippen molar-refractivity contribution in [3.8, 4) is 0 Å². The van der Waals surface area contributed by atoms with Gasteiger partial charge in [-0.25, -0.2) is 8.78 Å². The first kappa shape index (κ1) is 12.6. The van der Waals surface area contributed by atoms with Gasteiger partial charge in [-0.1, -0.05) is 17.7 Å². The van der Waals surface area contributed by atoms with Crippen molar-refractivity contribution in [2.24, 2.45) is 0 Å². The van der Waals surface area contributed by atoms with Crippen LogP contribution >= 0.6 is 11.6 Å². The van der Waals surface area contributed by atoms with Gasteiger partial charge in [-0.05, 0) is 30.7 Å². The molecule has 0 saturated carbocycles. The van der Waals surface area contributed by atoms with E-state index in [1.807, 2.05) is 0 Å². The van der Waals surface area contributed by atoms with Crippen LogP contribution in [-0.4, -0.2) is 0 Å². The maximum absolute atomic E-state index is 13.4. The van der Waals surface area contributed by atoms with E-state index in [4.69, 9.17) is 17.3 Å². The van der Waals surface area contributed by atoms with Crippen LogP contribution in [0.15, 0.2) is 30.3 Å². The lowest BCUT2D eigenvalue weighted by Crippen LogP contribution is -1.98. The summed E-state index contributed by atoms with van der Waals surface area (Å²) in [6.07, 6.45) is 0. The summed E-state index contributed by atoms with van der Waals surface area (Å²) in [4.78, 5) is 0. The molecule has 2 rings (SSSR count). The van der Waals surface area contributed by atoms with Crippen molar-refractivity contribution in [3.05, 3.63) is 52.6 Å². The van der Waals surface area contributed by atoms with Crippen molar-refractivity contribution in [2.75, 3.05) is 11.1 Å². The number of rotatable bonds is 2. The van der Waals surface area contributed by atoms with E-state index < -0.39 is 5.82 Å². The molecule has 0 bridgehead atoms. The lowest BCUT2D eigenvalue weighted by molar-refractivity contribution is 0.619. The van der Waals surface area contributed by atoms with Gasteiger partial charge in [0.25, 0.3) is 0 Å². The second-order valence-electron chi connectivity index (χ2n) is 3.94. The van der Waals surface area contributed by atoms with Crippen LogP contribution < -0.4 is 11.1 Å². The number of anilines is 3. The zero-order chi connectivity index (χ0) is 13.3. The van der Waals surface area contributed by atoms with Crippen LogP contribution in [0.25, 0.3) is 0 Å². The first-order valence-electron chi connectivity index (χ1n) is 5.25. The zero-order valence-electron chi connectivity index (χ0n) is 9.60. The van der Waals surface area contributed by atoms with Gasteiger partial charge in [-0.2, -0.15) is 0 Å². The molecule has 0 atom stereocenters. The number of hydrogen-bond acceptors (Lipinski definition) is 2. The molecule has 0 heterocycles. The van der Waals surface area contributed by atoms with E-state index >= 15 is 0 Å². The highest BCUT2D eigenvalue weighted by molar-refractivity contribution is 6.31. The molecule has 0 aromatic heterocycles. The fourth-order valence-corrected chi connectivity index (χ4v) is 1.66. The summed E-state index contributed by atoms with van der Waals surface area (Å²) in [5.74, 6) is -0.915. The van der Waals surface area contributed by atoms with Crippen LogP contribution in [0.2, 0.25) is 5.02 Å². The van der Waals surface area contributed by atoms with Crippen LogP contribution in [0.3, 0.4) is 0 Å². The monoisotopic (exact) mass is 268 g/mol. The molecule has 0 aliphatic carbocycles. The quantitative estimate of drug-likeness (QED) is 0.799. The number of nitrogens with two attached hydrogens (primary N) is 1. The topological polar surface area (TPSA) is 38.0 Å². The van der Waals surface area contributed by atoms with Gasteiger partial charge in [-0.3, -0.25) is 0 Å². The van der Waals surface area contributed by atoms with E-state index in [1.165, 1.54) is 12.1 Å². The number of hydrogen-bond donors (Lipinski definition) is 2. The Hall–Kier alpha value is -1.81. The van der Waals surface area contributed by atoms with Crippen LogP contribution in [0.1, 0.15) is 5.56 Å². The molecular weight excluding hydrogens is 258 g/mol. The van der Waals surface area contributed by atoms with Crippen molar-refractivity contribution >= 4 is 28.7 Å². The highest BCUT2D eigenvalue weighted by Crippen LogP contribution is 2.29. The van der Waals surface area contributed by atoms with E-state index in [1.54, 1.807) is 19.1 Å². The van der Waals surface area contributed by atoms with Crippen LogP contribution in [0.4, 0.5) is 25.8 Å². The first-order valence-corrected chi connectivity index (χ1v) is 5.63.